The molecule has 0 aliphatic heterocycles. The molecule has 0 aliphatic carbocycles. The molecule has 0 saturated heterocycles. The third kappa shape index (κ3) is 126. The van der Waals surface area contributed by atoms with Gasteiger partial charge in [0.05, 0.1) is 6.42 Å². The van der Waals surface area contributed by atoms with Crippen LogP contribution in [0.4, 0.5) is 47.9 Å². The van der Waals surface area contributed by atoms with Crippen LogP contribution in [0.15, 0.2) is 25.3 Å². The molecule has 50 heteroatoms. The lowest BCUT2D eigenvalue weighted by Gasteiger charge is -2.30. The summed E-state index contributed by atoms with van der Waals surface area (Å²) in [5.74, 6) is -4.31. The molecule has 0 aliphatic rings. The van der Waals surface area contributed by atoms with E-state index in [1.807, 2.05) is 69.2 Å². The Morgan fingerprint density at radius 2 is 0.553 bits per heavy atom. The number of unbranched alkanes of at least 4 members (excludes halogenated alkanes) is 1. The average molecular weight is 2160 g/mol. The number of alkyl carbamates (subject to hydrolysis) is 10. The fourth-order valence-corrected chi connectivity index (χ4v) is 8.81. The summed E-state index contributed by atoms with van der Waals surface area (Å²) in [6.45, 7) is 55.0. The number of hydrogen-bond donors (Lipinski definition) is 20. The van der Waals surface area contributed by atoms with Crippen molar-refractivity contribution in [3.63, 3.8) is 0 Å². The quantitative estimate of drug-likeness (QED) is 0.0116. The third-order valence-corrected chi connectivity index (χ3v) is 18.7. The van der Waals surface area contributed by atoms with Crippen LogP contribution in [0.2, 0.25) is 0 Å². The summed E-state index contributed by atoms with van der Waals surface area (Å²) in [5, 5.41) is 108. The summed E-state index contributed by atoms with van der Waals surface area (Å²) in [6, 6.07) is 0. The molecule has 20 N–H and O–H groups in total. The number of ether oxygens (including phenoxy) is 10. The van der Waals surface area contributed by atoms with Crippen LogP contribution in [0.1, 0.15) is 340 Å². The Labute approximate surface area is 882 Å². The molecule has 0 spiro atoms. The molecule has 0 aromatic carbocycles. The van der Waals surface area contributed by atoms with Crippen molar-refractivity contribution in [2.24, 2.45) is 5.92 Å². The van der Waals surface area contributed by atoms with E-state index in [1.165, 1.54) is 12.2 Å². The lowest BCUT2D eigenvalue weighted by molar-refractivity contribution is -0.138. The summed E-state index contributed by atoms with van der Waals surface area (Å²) in [4.78, 5) is 213. The molecule has 868 valence electrons. The molecule has 0 fully saturated rings. The van der Waals surface area contributed by atoms with Crippen molar-refractivity contribution >= 4 is 121 Å². The van der Waals surface area contributed by atoms with Crippen molar-refractivity contribution in [1.82, 2.24) is 53.2 Å². The number of amides is 10. The zero-order valence-electron chi connectivity index (χ0n) is 92.6. The van der Waals surface area contributed by atoms with Crippen molar-refractivity contribution in [2.75, 3.05) is 65.4 Å². The molecular formula is C100H178N10O40. The molecule has 0 saturated carbocycles. The Kier molecular flexibility index (Phi) is 95.0. The fourth-order valence-electron chi connectivity index (χ4n) is 8.81. The highest BCUT2D eigenvalue weighted by atomic mass is 16.6. The summed E-state index contributed by atoms with van der Waals surface area (Å²) < 4.78 is 50.1. The van der Waals surface area contributed by atoms with Crippen LogP contribution in [0, 0.1) is 30.6 Å². The minimum absolute atomic E-state index is 0.0127. The van der Waals surface area contributed by atoms with Gasteiger partial charge in [0.25, 0.3) is 0 Å². The number of carbonyl (C=O) groups is 20. The summed E-state index contributed by atoms with van der Waals surface area (Å²) in [6.07, 6.45) is 16.5. The predicted molar refractivity (Wildman–Crippen MR) is 554 cm³/mol. The molecule has 0 heterocycles. The first kappa shape index (κ1) is 156. The largest absolute Gasteiger partial charge is 0.481 e. The second kappa shape index (κ2) is 91.2. The van der Waals surface area contributed by atoms with Gasteiger partial charge in [-0.2, -0.15) is 0 Å². The maximum absolute atomic E-state index is 11.5. The Morgan fingerprint density at radius 3 is 0.820 bits per heavy atom. The van der Waals surface area contributed by atoms with E-state index < -0.39 is 172 Å². The Morgan fingerprint density at radius 1 is 0.293 bits per heavy atom. The molecule has 50 nitrogen and oxygen atoms in total. The van der Waals surface area contributed by atoms with Crippen LogP contribution in [-0.2, 0) is 95.3 Å². The molecule has 0 rings (SSSR count). The van der Waals surface area contributed by atoms with E-state index in [2.05, 4.69) is 82.9 Å². The standard InChI is InChI=1S/C12H23NO4.C11H21NO4.3C10H19NO4.C10H17NO4.C10H15NO4.C9H17NO4.C9H15NO4.C9H13NO4/c1-4-12(5-2,6-3)17-11(16)13-9-7-8-10(14)15;1-4-11(3,5-2)16-10(15)12-8-6-7-9(13)14;1-7(5-8(12)13)6-11-9(14)15-10(2,3)4;1-10(2,3)15-9(14)11-7-5-4-6-8(12)13;3*1-4-10(2,3)15-9(14)11-7-5-6-8(12)13;1-4-9(2,3)14-8(13)10-6-5-7(11)12;2*1-3-7(2)14-9(13)10-6-4-5-8(11)12/h4-9H2,1-3H3,(H,13,16)(H,14,15);4-8H2,1-3H3,(H,12,15)(H,13,14);7H,5-6H2,1-4H3,(H,11,14)(H,12,13);2*4-7H2,1-3H3,(H,11,14)(H,12,13);4H,1,5-7H2,2-3H3,(H,11,14)(H,12,13);1H,5-7H2,2-3H3,(H,11,14)(H,12,13);4-6H2,1-3H3,(H,10,13)(H,11,12);3,7H,1,4-6H2,2H3,(H,10,13)(H,11,12);1,7H,4-6H2,2H3,(H,10,13)(H,11,12). The fraction of sp³-hybridized carbons (Fsp3) is 0.720. The average Bonchev–Trinajstić information content (AvgIpc) is 0.875. The third-order valence-electron chi connectivity index (χ3n) is 18.7. The van der Waals surface area contributed by atoms with Crippen molar-refractivity contribution in [2.45, 2.75) is 397 Å². The van der Waals surface area contributed by atoms with Gasteiger partial charge in [-0.15, -0.1) is 12.8 Å². The molecule has 3 unspecified atom stereocenters. The summed E-state index contributed by atoms with van der Waals surface area (Å²) in [7, 11) is 0. The lowest BCUT2D eigenvalue weighted by atomic mass is 9.94. The van der Waals surface area contributed by atoms with Gasteiger partial charge < -0.3 is 152 Å². The van der Waals surface area contributed by atoms with Gasteiger partial charge in [-0.05, 0) is 232 Å². The lowest BCUT2D eigenvalue weighted by Crippen LogP contribution is -2.38. The molecule has 3 atom stereocenters. The second-order valence-electron chi connectivity index (χ2n) is 36.9. The van der Waals surface area contributed by atoms with Gasteiger partial charge in [0.2, 0.25) is 0 Å². The highest BCUT2D eigenvalue weighted by Crippen LogP contribution is 2.25. The van der Waals surface area contributed by atoms with Gasteiger partial charge in [-0.25, -0.2) is 47.9 Å². The number of aliphatic carboxylic acids is 10. The Hall–Kier alpha value is -14.0. The molecule has 10 amide bonds. The van der Waals surface area contributed by atoms with E-state index in [1.54, 1.807) is 104 Å². The summed E-state index contributed by atoms with van der Waals surface area (Å²) >= 11 is 0. The van der Waals surface area contributed by atoms with E-state index in [0.29, 0.717) is 110 Å². The SMILES string of the molecule is C#CC(C)(C)OC(=O)NCCCC(=O)O.C#CC(C)OC(=O)NCCCC(=O)O.C=CC(C)(C)OC(=O)NCCCC(=O)O.C=CC(C)OC(=O)NCCCC(=O)O.CC(C)(C)OC(=O)NCCCCC(=O)O.CC(CNC(=O)OC(C)(C)C)CC(=O)O.CCC(C)(C)OC(=O)NCCC(=O)O.CCC(C)(C)OC(=O)NCCCC(=O)O.CCC(C)(CC)OC(=O)NCCCC(=O)O.CCC(CC)(CC)OC(=O)NCCCC(=O)O. The van der Waals surface area contributed by atoms with Crippen molar-refractivity contribution < 1.29 is 194 Å². The Balaban J connectivity index is -0.000000182. The van der Waals surface area contributed by atoms with Gasteiger partial charge in [0.15, 0.2) is 11.7 Å². The number of terminal acetylenes is 2. The van der Waals surface area contributed by atoms with E-state index >= 15 is 0 Å². The second-order valence-corrected chi connectivity index (χ2v) is 36.9. The topological polar surface area (TPSA) is 756 Å². The normalized spacial score (nSPS) is 11.1. The molecule has 0 aromatic rings. The van der Waals surface area contributed by atoms with Crippen LogP contribution in [-0.4, -0.2) is 294 Å². The van der Waals surface area contributed by atoms with Gasteiger partial charge >= 0.3 is 121 Å². The summed E-state index contributed by atoms with van der Waals surface area (Å²) in [5.41, 5.74) is -4.49. The first-order valence-electron chi connectivity index (χ1n) is 49.1. The minimum Gasteiger partial charge on any atom is -0.481 e. The van der Waals surface area contributed by atoms with Crippen LogP contribution in [0.3, 0.4) is 0 Å². The maximum Gasteiger partial charge on any atom is 0.408 e. The number of carboxylic acids is 10. The highest BCUT2D eigenvalue weighted by Gasteiger charge is 2.30. The zero-order valence-corrected chi connectivity index (χ0v) is 92.6. The molecule has 0 bridgehead atoms. The van der Waals surface area contributed by atoms with Crippen LogP contribution >= 0.6 is 0 Å². The minimum atomic E-state index is -0.948. The number of nitrogens with one attached hydrogen (secondary N) is 10. The molecular weight excluding hydrogens is 1980 g/mol. The van der Waals surface area contributed by atoms with E-state index in [-0.39, 0.29) is 95.9 Å². The predicted octanol–water partition coefficient (Wildman–Crippen LogP) is 15.5. The van der Waals surface area contributed by atoms with E-state index in [4.69, 9.17) is 107 Å². The van der Waals surface area contributed by atoms with Crippen molar-refractivity contribution in [3.8, 4) is 24.7 Å². The number of hydrogen-bond acceptors (Lipinski definition) is 30. The number of rotatable bonds is 57. The first-order chi connectivity index (χ1) is 69.0. The van der Waals surface area contributed by atoms with Crippen molar-refractivity contribution in [1.29, 1.82) is 0 Å². The number of carboxylic acid groups (broad SMARTS) is 10. The number of carbonyl (C=O) groups excluding carboxylic acids is 10. The van der Waals surface area contributed by atoms with Crippen LogP contribution in [0.5, 0.6) is 0 Å². The molecule has 150 heavy (non-hydrogen) atoms. The Bertz CT molecular complexity index is 4020. The zero-order chi connectivity index (χ0) is 119. The van der Waals surface area contributed by atoms with E-state index in [9.17, 15) is 95.9 Å². The van der Waals surface area contributed by atoms with Gasteiger partial charge in [-0.1, -0.05) is 86.5 Å². The van der Waals surface area contributed by atoms with Crippen LogP contribution in [0.25, 0.3) is 0 Å². The van der Waals surface area contributed by atoms with Gasteiger partial charge in [0.1, 0.15) is 45.3 Å². The molecule has 0 aromatic heterocycles. The van der Waals surface area contributed by atoms with Gasteiger partial charge in [0, 0.05) is 123 Å². The van der Waals surface area contributed by atoms with E-state index in [0.717, 1.165) is 38.5 Å². The smallest absolute Gasteiger partial charge is 0.408 e. The molecule has 0 radical (unpaired) electrons. The van der Waals surface area contributed by atoms with Crippen molar-refractivity contribution in [3.05, 3.63) is 25.3 Å². The maximum atomic E-state index is 11.5. The monoisotopic (exact) mass is 2160 g/mol. The van der Waals surface area contributed by atoms with Gasteiger partial charge in [-0.3, -0.25) is 47.9 Å². The first-order valence-corrected chi connectivity index (χ1v) is 49.1. The van der Waals surface area contributed by atoms with Crippen LogP contribution < -0.4 is 53.2 Å². The highest BCUT2D eigenvalue weighted by molar-refractivity contribution is 5.75.